The fourth-order valence-corrected chi connectivity index (χ4v) is 3.02. The summed E-state index contributed by atoms with van der Waals surface area (Å²) in [6, 6.07) is 0. The molecule has 4 nitrogen and oxygen atoms in total. The van der Waals surface area contributed by atoms with Crippen LogP contribution in [0.3, 0.4) is 0 Å². The highest BCUT2D eigenvalue weighted by Gasteiger charge is 2.42. The number of piperidine rings is 2. The van der Waals surface area contributed by atoms with E-state index in [0.29, 0.717) is 26.1 Å². The van der Waals surface area contributed by atoms with Crippen LogP contribution < -0.4 is 0 Å². The van der Waals surface area contributed by atoms with Crippen molar-refractivity contribution in [2.24, 2.45) is 11.8 Å². The Hall–Kier alpha value is -0.820. The van der Waals surface area contributed by atoms with Crippen molar-refractivity contribution in [2.45, 2.75) is 38.5 Å². The van der Waals surface area contributed by atoms with E-state index in [2.05, 4.69) is 0 Å². The van der Waals surface area contributed by atoms with Crippen molar-refractivity contribution in [3.8, 4) is 0 Å². The Bertz CT molecular complexity index is 376. The van der Waals surface area contributed by atoms with Crippen LogP contribution in [-0.2, 0) is 4.79 Å². The predicted octanol–water partition coefficient (Wildman–Crippen LogP) is 1.49. The van der Waals surface area contributed by atoms with Gasteiger partial charge in [-0.2, -0.15) is 13.2 Å². The number of β-amino-alcohol motifs (C(OH)–C–C–N with tert-alkyl or cyclic N) is 1. The lowest BCUT2D eigenvalue weighted by Gasteiger charge is -2.37. The predicted molar refractivity (Wildman–Crippen MR) is 71.6 cm³/mol. The monoisotopic (exact) mass is 308 g/mol. The summed E-state index contributed by atoms with van der Waals surface area (Å²) in [5, 5.41) is 9.80. The molecular formula is C14H23F3N2O2. The molecule has 2 aliphatic heterocycles. The van der Waals surface area contributed by atoms with Crippen LogP contribution in [0, 0.1) is 11.8 Å². The van der Waals surface area contributed by atoms with E-state index in [4.69, 9.17) is 0 Å². The van der Waals surface area contributed by atoms with Gasteiger partial charge in [-0.3, -0.25) is 9.69 Å². The zero-order valence-electron chi connectivity index (χ0n) is 12.3. The third-order valence-corrected chi connectivity index (χ3v) is 4.60. The molecular weight excluding hydrogens is 285 g/mol. The Morgan fingerprint density at radius 1 is 1.24 bits per heavy atom. The first-order chi connectivity index (χ1) is 9.77. The van der Waals surface area contributed by atoms with Crippen molar-refractivity contribution in [3.05, 3.63) is 0 Å². The van der Waals surface area contributed by atoms with Crippen molar-refractivity contribution in [1.82, 2.24) is 9.80 Å². The van der Waals surface area contributed by atoms with Gasteiger partial charge in [0.05, 0.1) is 18.6 Å². The fourth-order valence-electron chi connectivity index (χ4n) is 3.02. The lowest BCUT2D eigenvalue weighted by Crippen LogP contribution is -2.51. The van der Waals surface area contributed by atoms with E-state index >= 15 is 0 Å². The van der Waals surface area contributed by atoms with E-state index in [-0.39, 0.29) is 31.3 Å². The first-order valence-electron chi connectivity index (χ1n) is 7.52. The Morgan fingerprint density at radius 2 is 1.95 bits per heavy atom. The summed E-state index contributed by atoms with van der Waals surface area (Å²) in [5.74, 6) is -1.45. The van der Waals surface area contributed by atoms with Gasteiger partial charge in [-0.15, -0.1) is 0 Å². The summed E-state index contributed by atoms with van der Waals surface area (Å²) < 4.78 is 38.2. The van der Waals surface area contributed by atoms with Crippen molar-refractivity contribution < 1.29 is 23.1 Å². The average Bonchev–Trinajstić information content (AvgIpc) is 2.42. The van der Waals surface area contributed by atoms with Crippen molar-refractivity contribution in [1.29, 1.82) is 0 Å². The molecule has 7 heteroatoms. The number of carbonyl (C=O) groups excluding carboxylic acids is 1. The summed E-state index contributed by atoms with van der Waals surface area (Å²) in [6.45, 7) is 3.37. The molecule has 2 heterocycles. The van der Waals surface area contributed by atoms with Gasteiger partial charge < -0.3 is 10.0 Å². The lowest BCUT2D eigenvalue weighted by molar-refractivity contribution is -0.188. The van der Waals surface area contributed by atoms with Gasteiger partial charge in [0.2, 0.25) is 5.91 Å². The van der Waals surface area contributed by atoms with E-state index in [9.17, 15) is 23.1 Å². The van der Waals surface area contributed by atoms with Crippen LogP contribution >= 0.6 is 0 Å². The second-order valence-electron chi connectivity index (χ2n) is 6.29. The zero-order valence-corrected chi connectivity index (χ0v) is 12.3. The molecule has 0 bridgehead atoms. The number of nitrogens with zero attached hydrogens (tertiary/aromatic N) is 2. The molecule has 3 unspecified atom stereocenters. The van der Waals surface area contributed by atoms with Crippen molar-refractivity contribution >= 4 is 5.91 Å². The number of carbonyl (C=O) groups is 1. The summed E-state index contributed by atoms with van der Waals surface area (Å²) in [7, 11) is 0. The van der Waals surface area contributed by atoms with Gasteiger partial charge >= 0.3 is 6.18 Å². The lowest BCUT2D eigenvalue weighted by atomic mass is 9.95. The van der Waals surface area contributed by atoms with Crippen molar-refractivity contribution in [2.75, 3.05) is 32.7 Å². The molecule has 2 aliphatic rings. The van der Waals surface area contributed by atoms with E-state index in [1.54, 1.807) is 0 Å². The van der Waals surface area contributed by atoms with Crippen molar-refractivity contribution in [3.63, 3.8) is 0 Å². The molecule has 1 N–H and O–H groups in total. The van der Waals surface area contributed by atoms with Crippen LogP contribution in [0.1, 0.15) is 26.2 Å². The number of hydrogen-bond acceptors (Lipinski definition) is 3. The summed E-state index contributed by atoms with van der Waals surface area (Å²) in [5.41, 5.74) is 0. The smallest absolute Gasteiger partial charge is 0.392 e. The van der Waals surface area contributed by atoms with Crippen LogP contribution in [0.15, 0.2) is 0 Å². The van der Waals surface area contributed by atoms with Crippen LogP contribution in [-0.4, -0.2) is 65.8 Å². The number of alkyl halides is 3. The maximum atomic E-state index is 12.7. The van der Waals surface area contributed by atoms with E-state index < -0.39 is 18.2 Å². The normalized spacial score (nSPS) is 32.2. The first-order valence-corrected chi connectivity index (χ1v) is 7.52. The molecule has 2 rings (SSSR count). The number of hydrogen-bond donors (Lipinski definition) is 1. The SMILES string of the molecule is CC1CCN(CC(=O)N2CCCC(C(F)(F)F)C2)CC1O. The number of amides is 1. The molecule has 0 aliphatic carbocycles. The minimum absolute atomic E-state index is 0.104. The van der Waals surface area contributed by atoms with Crippen LogP contribution in [0.5, 0.6) is 0 Å². The van der Waals surface area contributed by atoms with E-state index in [0.717, 1.165) is 6.42 Å². The largest absolute Gasteiger partial charge is 0.393 e. The summed E-state index contributed by atoms with van der Waals surface area (Å²) in [6.07, 6.45) is -3.38. The zero-order chi connectivity index (χ0) is 15.6. The molecule has 0 aromatic heterocycles. The molecule has 2 fully saturated rings. The molecule has 0 aromatic rings. The van der Waals surface area contributed by atoms with Gasteiger partial charge in [0.1, 0.15) is 0 Å². The highest BCUT2D eigenvalue weighted by molar-refractivity contribution is 5.78. The Kier molecular flexibility index (Phi) is 5.14. The summed E-state index contributed by atoms with van der Waals surface area (Å²) in [4.78, 5) is 15.3. The number of halogens is 3. The van der Waals surface area contributed by atoms with Gasteiger partial charge in [0.15, 0.2) is 0 Å². The first kappa shape index (κ1) is 16.5. The Labute approximate surface area is 122 Å². The van der Waals surface area contributed by atoms with Crippen LogP contribution in [0.4, 0.5) is 13.2 Å². The molecule has 0 radical (unpaired) electrons. The summed E-state index contributed by atoms with van der Waals surface area (Å²) >= 11 is 0. The van der Waals surface area contributed by atoms with Gasteiger partial charge in [-0.05, 0) is 31.7 Å². The van der Waals surface area contributed by atoms with Gasteiger partial charge in [-0.25, -0.2) is 0 Å². The molecule has 0 spiro atoms. The van der Waals surface area contributed by atoms with Gasteiger partial charge in [0, 0.05) is 19.6 Å². The molecule has 2 saturated heterocycles. The molecule has 3 atom stereocenters. The highest BCUT2D eigenvalue weighted by Crippen LogP contribution is 2.33. The highest BCUT2D eigenvalue weighted by atomic mass is 19.4. The topological polar surface area (TPSA) is 43.8 Å². The minimum atomic E-state index is -4.23. The van der Waals surface area contributed by atoms with E-state index in [1.807, 2.05) is 11.8 Å². The maximum Gasteiger partial charge on any atom is 0.393 e. The van der Waals surface area contributed by atoms with Crippen LogP contribution in [0.2, 0.25) is 0 Å². The number of aliphatic hydroxyl groups excluding tert-OH is 1. The minimum Gasteiger partial charge on any atom is -0.392 e. The number of aliphatic hydroxyl groups is 1. The van der Waals surface area contributed by atoms with E-state index in [1.165, 1.54) is 4.90 Å². The molecule has 0 saturated carbocycles. The second kappa shape index (κ2) is 6.52. The third-order valence-electron chi connectivity index (χ3n) is 4.60. The molecule has 21 heavy (non-hydrogen) atoms. The Balaban J connectivity index is 1.85. The van der Waals surface area contributed by atoms with Gasteiger partial charge in [-0.1, -0.05) is 6.92 Å². The number of likely N-dealkylation sites (tertiary alicyclic amines) is 2. The van der Waals surface area contributed by atoms with Gasteiger partial charge in [0.25, 0.3) is 0 Å². The number of rotatable bonds is 2. The molecule has 122 valence electrons. The quantitative estimate of drug-likeness (QED) is 0.840. The molecule has 0 aromatic carbocycles. The second-order valence-corrected chi connectivity index (χ2v) is 6.29. The molecule has 1 amide bonds. The fraction of sp³-hybridized carbons (Fsp3) is 0.929. The Morgan fingerprint density at radius 3 is 2.57 bits per heavy atom. The third kappa shape index (κ3) is 4.32. The maximum absolute atomic E-state index is 12.7. The van der Waals surface area contributed by atoms with Crippen LogP contribution in [0.25, 0.3) is 0 Å². The standard InChI is InChI=1S/C14H23F3N2O2/c1-10-4-6-18(8-12(10)20)9-13(21)19-5-2-3-11(7-19)14(15,16)17/h10-12,20H,2-9H2,1H3. The average molecular weight is 308 g/mol.